The fraction of sp³-hybridized carbons (Fsp3) is 1.00. The number of rotatable bonds is 7. The molecule has 1 saturated heterocycles. The Labute approximate surface area is 94.4 Å². The van der Waals surface area contributed by atoms with Crippen molar-refractivity contribution >= 4 is 0 Å². The lowest BCUT2D eigenvalue weighted by molar-refractivity contribution is 0.236. The van der Waals surface area contributed by atoms with Crippen LogP contribution in [-0.2, 0) is 0 Å². The molecule has 0 aromatic heterocycles. The monoisotopic (exact) mass is 210 g/mol. The molecule has 1 aliphatic heterocycles. The van der Waals surface area contributed by atoms with Crippen molar-refractivity contribution in [1.82, 2.24) is 10.2 Å². The molecule has 0 aromatic rings. The smallest absolute Gasteiger partial charge is 0.0107 e. The molecule has 0 aromatic carbocycles. The van der Waals surface area contributed by atoms with Gasteiger partial charge in [-0.15, -0.1) is 0 Å². The van der Waals surface area contributed by atoms with Crippen LogP contribution in [0, 0.1) is 5.92 Å². The van der Waals surface area contributed by atoms with Gasteiger partial charge in [0.1, 0.15) is 0 Å². The first-order chi connectivity index (χ1) is 7.45. The van der Waals surface area contributed by atoms with Gasteiger partial charge in [0, 0.05) is 26.2 Å². The molecule has 1 aliphatic carbocycles. The second-order valence-electron chi connectivity index (χ2n) is 5.24. The maximum absolute atomic E-state index is 3.40. The lowest BCUT2D eigenvalue weighted by Crippen LogP contribution is -2.43. The predicted octanol–water partition coefficient (Wildman–Crippen LogP) is 2.25. The number of hydrogen-bond acceptors (Lipinski definition) is 2. The Morgan fingerprint density at radius 3 is 2.40 bits per heavy atom. The van der Waals surface area contributed by atoms with Gasteiger partial charge in [-0.3, -0.25) is 0 Å². The maximum atomic E-state index is 3.40. The van der Waals surface area contributed by atoms with Crippen LogP contribution in [-0.4, -0.2) is 37.6 Å². The zero-order chi connectivity index (χ0) is 10.3. The summed E-state index contributed by atoms with van der Waals surface area (Å²) < 4.78 is 0. The van der Waals surface area contributed by atoms with Gasteiger partial charge in [0.25, 0.3) is 0 Å². The Bertz CT molecular complexity index is 160. The second-order valence-corrected chi connectivity index (χ2v) is 5.24. The van der Waals surface area contributed by atoms with E-state index in [1.165, 1.54) is 77.7 Å². The zero-order valence-corrected chi connectivity index (χ0v) is 10.0. The molecule has 1 heterocycles. The van der Waals surface area contributed by atoms with Crippen molar-refractivity contribution in [3.05, 3.63) is 0 Å². The Balaban J connectivity index is 1.37. The van der Waals surface area contributed by atoms with Gasteiger partial charge in [0.2, 0.25) is 0 Å². The van der Waals surface area contributed by atoms with Gasteiger partial charge in [0.15, 0.2) is 0 Å². The summed E-state index contributed by atoms with van der Waals surface area (Å²) in [6.07, 6.45) is 10.4. The van der Waals surface area contributed by atoms with E-state index in [1.807, 2.05) is 0 Å². The molecular formula is C13H26N2. The minimum Gasteiger partial charge on any atom is -0.314 e. The summed E-state index contributed by atoms with van der Waals surface area (Å²) in [7, 11) is 0. The van der Waals surface area contributed by atoms with Crippen LogP contribution in [0.4, 0.5) is 0 Å². The highest BCUT2D eigenvalue weighted by molar-refractivity contribution is 4.72. The molecule has 0 radical (unpaired) electrons. The van der Waals surface area contributed by atoms with E-state index in [2.05, 4.69) is 10.2 Å². The molecule has 2 heteroatoms. The van der Waals surface area contributed by atoms with E-state index in [4.69, 9.17) is 0 Å². The molecular weight excluding hydrogens is 184 g/mol. The van der Waals surface area contributed by atoms with Gasteiger partial charge in [-0.25, -0.2) is 0 Å². The van der Waals surface area contributed by atoms with E-state index in [1.54, 1.807) is 0 Å². The average Bonchev–Trinajstić information content (AvgIpc) is 3.09. The number of nitrogens with one attached hydrogen (secondary N) is 1. The molecule has 2 rings (SSSR count). The third kappa shape index (κ3) is 4.98. The van der Waals surface area contributed by atoms with Gasteiger partial charge < -0.3 is 10.2 Å². The predicted molar refractivity (Wildman–Crippen MR) is 65.1 cm³/mol. The van der Waals surface area contributed by atoms with Crippen molar-refractivity contribution in [2.24, 2.45) is 5.92 Å². The summed E-state index contributed by atoms with van der Waals surface area (Å²) in [6, 6.07) is 0. The summed E-state index contributed by atoms with van der Waals surface area (Å²) in [4.78, 5) is 2.61. The van der Waals surface area contributed by atoms with Crippen LogP contribution in [0.5, 0.6) is 0 Å². The van der Waals surface area contributed by atoms with Gasteiger partial charge in [0.05, 0.1) is 0 Å². The van der Waals surface area contributed by atoms with Crippen LogP contribution in [0.15, 0.2) is 0 Å². The molecule has 2 nitrogen and oxygen atoms in total. The Morgan fingerprint density at radius 2 is 1.67 bits per heavy atom. The summed E-state index contributed by atoms with van der Waals surface area (Å²) in [5.74, 6) is 1.14. The van der Waals surface area contributed by atoms with Gasteiger partial charge in [-0.2, -0.15) is 0 Å². The first kappa shape index (κ1) is 11.4. The first-order valence-electron chi connectivity index (χ1n) is 6.88. The van der Waals surface area contributed by atoms with E-state index in [0.717, 1.165) is 5.92 Å². The molecule has 0 amide bonds. The highest BCUT2D eigenvalue weighted by Gasteiger charge is 2.19. The standard InChI is InChI=1S/C13H26N2/c1(3-5-13-6-7-13)2-4-10-15-11-8-14-9-12-15/h13-14H,1-12H2. The third-order valence-corrected chi connectivity index (χ3v) is 3.74. The van der Waals surface area contributed by atoms with E-state index >= 15 is 0 Å². The van der Waals surface area contributed by atoms with Gasteiger partial charge >= 0.3 is 0 Å². The highest BCUT2D eigenvalue weighted by atomic mass is 15.2. The molecule has 2 fully saturated rings. The van der Waals surface area contributed by atoms with E-state index in [-0.39, 0.29) is 0 Å². The molecule has 1 saturated carbocycles. The Kier molecular flexibility index (Phi) is 4.94. The maximum Gasteiger partial charge on any atom is 0.0107 e. The van der Waals surface area contributed by atoms with Crippen molar-refractivity contribution in [2.75, 3.05) is 32.7 Å². The molecule has 1 N–H and O–H groups in total. The quantitative estimate of drug-likeness (QED) is 0.648. The fourth-order valence-electron chi connectivity index (χ4n) is 2.46. The second kappa shape index (κ2) is 6.49. The Morgan fingerprint density at radius 1 is 0.933 bits per heavy atom. The van der Waals surface area contributed by atoms with Crippen molar-refractivity contribution < 1.29 is 0 Å². The largest absolute Gasteiger partial charge is 0.314 e. The summed E-state index contributed by atoms with van der Waals surface area (Å²) in [5.41, 5.74) is 0. The van der Waals surface area contributed by atoms with Crippen LogP contribution < -0.4 is 5.32 Å². The zero-order valence-electron chi connectivity index (χ0n) is 10.0. The molecule has 88 valence electrons. The normalized spacial score (nSPS) is 23.2. The molecule has 0 bridgehead atoms. The van der Waals surface area contributed by atoms with E-state index in [0.29, 0.717) is 0 Å². The van der Waals surface area contributed by atoms with Crippen molar-refractivity contribution in [2.45, 2.75) is 44.9 Å². The molecule has 0 unspecified atom stereocenters. The lowest BCUT2D eigenvalue weighted by Gasteiger charge is -2.27. The lowest BCUT2D eigenvalue weighted by atomic mass is 10.1. The molecule has 15 heavy (non-hydrogen) atoms. The van der Waals surface area contributed by atoms with Crippen LogP contribution >= 0.6 is 0 Å². The van der Waals surface area contributed by atoms with Crippen LogP contribution in [0.1, 0.15) is 44.9 Å². The Hall–Kier alpha value is -0.0800. The molecule has 2 aliphatic rings. The molecule has 0 spiro atoms. The topological polar surface area (TPSA) is 15.3 Å². The SMILES string of the molecule is C(CCCN1CCNCC1)CCC1CC1. The van der Waals surface area contributed by atoms with Gasteiger partial charge in [-0.1, -0.05) is 38.5 Å². The molecule has 0 atom stereocenters. The number of piperazine rings is 1. The summed E-state index contributed by atoms with van der Waals surface area (Å²) in [5, 5.41) is 3.40. The van der Waals surface area contributed by atoms with Crippen molar-refractivity contribution in [3.8, 4) is 0 Å². The average molecular weight is 210 g/mol. The summed E-state index contributed by atoms with van der Waals surface area (Å²) in [6.45, 7) is 6.26. The third-order valence-electron chi connectivity index (χ3n) is 3.74. The van der Waals surface area contributed by atoms with Gasteiger partial charge in [-0.05, 0) is 18.9 Å². The number of nitrogens with zero attached hydrogens (tertiary/aromatic N) is 1. The van der Waals surface area contributed by atoms with E-state index < -0.39 is 0 Å². The minimum absolute atomic E-state index is 1.14. The fourth-order valence-corrected chi connectivity index (χ4v) is 2.46. The minimum atomic E-state index is 1.14. The van der Waals surface area contributed by atoms with Crippen LogP contribution in [0.25, 0.3) is 0 Å². The van der Waals surface area contributed by atoms with Crippen molar-refractivity contribution in [1.29, 1.82) is 0 Å². The van der Waals surface area contributed by atoms with Crippen LogP contribution in [0.3, 0.4) is 0 Å². The van der Waals surface area contributed by atoms with Crippen LogP contribution in [0.2, 0.25) is 0 Å². The first-order valence-corrected chi connectivity index (χ1v) is 6.88. The van der Waals surface area contributed by atoms with E-state index in [9.17, 15) is 0 Å². The summed E-state index contributed by atoms with van der Waals surface area (Å²) >= 11 is 0. The van der Waals surface area contributed by atoms with Crippen molar-refractivity contribution in [3.63, 3.8) is 0 Å². The number of unbranched alkanes of at least 4 members (excludes halogenated alkanes) is 3. The number of hydrogen-bond donors (Lipinski definition) is 1. The highest BCUT2D eigenvalue weighted by Crippen LogP contribution is 2.34.